The minimum Gasteiger partial charge on any atom is -0.496 e. The van der Waals surface area contributed by atoms with Gasteiger partial charge in [-0.3, -0.25) is 0 Å². The molecular formula is C26H22OS. The molecule has 0 saturated heterocycles. The zero-order chi connectivity index (χ0) is 19.4. The highest BCUT2D eigenvalue weighted by Gasteiger charge is 2.18. The summed E-state index contributed by atoms with van der Waals surface area (Å²) in [5.41, 5.74) is 6.32. The second-order valence-corrected chi connectivity index (χ2v) is 8.54. The molecular weight excluding hydrogens is 360 g/mol. The minimum absolute atomic E-state index is 0.978. The molecule has 28 heavy (non-hydrogen) atoms. The first kappa shape index (κ1) is 17.3. The second-order valence-electron chi connectivity index (χ2n) is 7.49. The van der Waals surface area contributed by atoms with Crippen LogP contribution in [0.3, 0.4) is 0 Å². The van der Waals surface area contributed by atoms with E-state index < -0.39 is 0 Å². The van der Waals surface area contributed by atoms with Crippen LogP contribution < -0.4 is 4.74 Å². The van der Waals surface area contributed by atoms with Gasteiger partial charge in [0.05, 0.1) is 7.11 Å². The van der Waals surface area contributed by atoms with Crippen molar-refractivity contribution in [3.63, 3.8) is 0 Å². The highest BCUT2D eigenvalue weighted by atomic mass is 32.1. The number of ether oxygens (including phenoxy) is 1. The number of thiophene rings is 1. The summed E-state index contributed by atoms with van der Waals surface area (Å²) in [5, 5.41) is 5.38. The van der Waals surface area contributed by atoms with E-state index >= 15 is 0 Å². The predicted octanol–water partition coefficient (Wildman–Crippen LogP) is 7.81. The average Bonchev–Trinajstić information content (AvgIpc) is 3.08. The van der Waals surface area contributed by atoms with E-state index in [-0.39, 0.29) is 0 Å². The maximum atomic E-state index is 5.62. The molecule has 0 N–H and O–H groups in total. The van der Waals surface area contributed by atoms with Crippen LogP contribution in [0.2, 0.25) is 0 Å². The quantitative estimate of drug-likeness (QED) is 0.302. The molecule has 0 aliphatic carbocycles. The number of aryl methyl sites for hydroxylation is 3. The van der Waals surface area contributed by atoms with Crippen molar-refractivity contribution in [2.75, 3.05) is 7.11 Å². The third-order valence-corrected chi connectivity index (χ3v) is 7.03. The first-order chi connectivity index (χ1) is 13.6. The molecule has 0 aliphatic heterocycles. The third kappa shape index (κ3) is 2.38. The average molecular weight is 383 g/mol. The Kier molecular flexibility index (Phi) is 3.92. The summed E-state index contributed by atoms with van der Waals surface area (Å²) in [6, 6.07) is 22.1. The van der Waals surface area contributed by atoms with E-state index in [9.17, 15) is 0 Å². The Labute approximate surface area is 169 Å². The Hall–Kier alpha value is -2.84. The molecule has 0 spiro atoms. The highest BCUT2D eigenvalue weighted by Crippen LogP contribution is 2.47. The SMILES string of the molecule is COc1c(C)cc(-c2c3ccccc3c(C)c3sc4ccccc4c23)cc1C. The standard InChI is InChI=1S/C26H22OS/c1-15-13-18(14-16(2)25(15)27-4)23-20-10-6-5-9-19(20)17(3)26-24(23)21-11-7-8-12-22(21)28-26/h5-14H,1-4H3. The Morgan fingerprint density at radius 2 is 1.36 bits per heavy atom. The number of hydrogen-bond acceptors (Lipinski definition) is 2. The van der Waals surface area contributed by atoms with Gasteiger partial charge in [0.15, 0.2) is 0 Å². The van der Waals surface area contributed by atoms with E-state index in [1.165, 1.54) is 58.8 Å². The van der Waals surface area contributed by atoms with Gasteiger partial charge in [0.25, 0.3) is 0 Å². The van der Waals surface area contributed by atoms with Crippen LogP contribution in [0.5, 0.6) is 5.75 Å². The van der Waals surface area contributed by atoms with Crippen molar-refractivity contribution in [3.05, 3.63) is 77.4 Å². The van der Waals surface area contributed by atoms with Crippen LogP contribution in [0.1, 0.15) is 16.7 Å². The van der Waals surface area contributed by atoms with Crippen molar-refractivity contribution in [3.8, 4) is 16.9 Å². The lowest BCUT2D eigenvalue weighted by Crippen LogP contribution is -1.93. The normalized spacial score (nSPS) is 11.6. The second kappa shape index (κ2) is 6.35. The predicted molar refractivity (Wildman–Crippen MR) is 123 cm³/mol. The Balaban J connectivity index is 2.03. The Morgan fingerprint density at radius 3 is 2.04 bits per heavy atom. The minimum atomic E-state index is 0.978. The summed E-state index contributed by atoms with van der Waals surface area (Å²) in [6.07, 6.45) is 0. The fourth-order valence-electron chi connectivity index (χ4n) is 4.56. The Morgan fingerprint density at radius 1 is 0.750 bits per heavy atom. The van der Waals surface area contributed by atoms with Crippen molar-refractivity contribution in [2.45, 2.75) is 20.8 Å². The molecule has 4 aromatic carbocycles. The number of rotatable bonds is 2. The molecule has 1 heterocycles. The lowest BCUT2D eigenvalue weighted by molar-refractivity contribution is 0.408. The molecule has 138 valence electrons. The van der Waals surface area contributed by atoms with Crippen LogP contribution >= 0.6 is 11.3 Å². The lowest BCUT2D eigenvalue weighted by Gasteiger charge is -2.16. The maximum absolute atomic E-state index is 5.62. The van der Waals surface area contributed by atoms with Crippen LogP contribution in [0, 0.1) is 20.8 Å². The third-order valence-electron chi connectivity index (χ3n) is 5.74. The van der Waals surface area contributed by atoms with Crippen molar-refractivity contribution >= 4 is 42.3 Å². The first-order valence-electron chi connectivity index (χ1n) is 9.58. The van der Waals surface area contributed by atoms with E-state index in [0.29, 0.717) is 0 Å². The summed E-state index contributed by atoms with van der Waals surface area (Å²) in [7, 11) is 1.75. The summed E-state index contributed by atoms with van der Waals surface area (Å²) in [6.45, 7) is 6.53. The summed E-state index contributed by atoms with van der Waals surface area (Å²) in [5.74, 6) is 0.978. The van der Waals surface area contributed by atoms with Crippen molar-refractivity contribution in [2.24, 2.45) is 0 Å². The van der Waals surface area contributed by atoms with Gasteiger partial charge in [0.1, 0.15) is 5.75 Å². The van der Waals surface area contributed by atoms with Crippen LogP contribution in [0.15, 0.2) is 60.7 Å². The molecule has 0 radical (unpaired) electrons. The van der Waals surface area contributed by atoms with Crippen LogP contribution in [0.4, 0.5) is 0 Å². The molecule has 0 unspecified atom stereocenters. The van der Waals surface area contributed by atoms with Crippen LogP contribution in [-0.2, 0) is 0 Å². The van der Waals surface area contributed by atoms with Gasteiger partial charge in [-0.25, -0.2) is 0 Å². The van der Waals surface area contributed by atoms with Gasteiger partial charge in [-0.2, -0.15) is 0 Å². The monoisotopic (exact) mass is 382 g/mol. The molecule has 1 nitrogen and oxygen atoms in total. The molecule has 0 fully saturated rings. The van der Waals surface area contributed by atoms with Crippen LogP contribution in [0.25, 0.3) is 42.1 Å². The molecule has 1 aromatic heterocycles. The topological polar surface area (TPSA) is 9.23 Å². The van der Waals surface area contributed by atoms with Gasteiger partial charge in [0.2, 0.25) is 0 Å². The van der Waals surface area contributed by atoms with Crippen molar-refractivity contribution in [1.82, 2.24) is 0 Å². The number of methoxy groups -OCH3 is 1. The van der Waals surface area contributed by atoms with E-state index in [1.54, 1.807) is 7.11 Å². The van der Waals surface area contributed by atoms with Gasteiger partial charge in [-0.05, 0) is 77.6 Å². The molecule has 5 rings (SSSR count). The van der Waals surface area contributed by atoms with Gasteiger partial charge in [0, 0.05) is 20.2 Å². The van der Waals surface area contributed by atoms with Crippen LogP contribution in [-0.4, -0.2) is 7.11 Å². The lowest BCUT2D eigenvalue weighted by atomic mass is 9.89. The molecule has 0 saturated carbocycles. The zero-order valence-electron chi connectivity index (χ0n) is 16.6. The summed E-state index contributed by atoms with van der Waals surface area (Å²) < 4.78 is 8.35. The highest BCUT2D eigenvalue weighted by molar-refractivity contribution is 7.26. The maximum Gasteiger partial charge on any atom is 0.124 e. The molecule has 2 heteroatoms. The van der Waals surface area contributed by atoms with E-state index in [1.807, 2.05) is 11.3 Å². The fourth-order valence-corrected chi connectivity index (χ4v) is 5.78. The Bertz CT molecular complexity index is 1350. The molecule has 0 atom stereocenters. The van der Waals surface area contributed by atoms with E-state index in [2.05, 4.69) is 81.4 Å². The number of fused-ring (bicyclic) bond motifs is 4. The molecule has 0 aliphatic rings. The summed E-state index contributed by atoms with van der Waals surface area (Å²) >= 11 is 1.90. The zero-order valence-corrected chi connectivity index (χ0v) is 17.4. The molecule has 0 bridgehead atoms. The van der Waals surface area contributed by atoms with Gasteiger partial charge in [-0.1, -0.05) is 42.5 Å². The van der Waals surface area contributed by atoms with Crippen molar-refractivity contribution < 1.29 is 4.74 Å². The van der Waals surface area contributed by atoms with E-state index in [4.69, 9.17) is 4.74 Å². The van der Waals surface area contributed by atoms with Gasteiger partial charge >= 0.3 is 0 Å². The van der Waals surface area contributed by atoms with E-state index in [0.717, 1.165) is 5.75 Å². The largest absolute Gasteiger partial charge is 0.496 e. The van der Waals surface area contributed by atoms with Crippen molar-refractivity contribution in [1.29, 1.82) is 0 Å². The first-order valence-corrected chi connectivity index (χ1v) is 10.4. The molecule has 0 amide bonds. The molecule has 5 aromatic rings. The van der Waals surface area contributed by atoms with Gasteiger partial charge < -0.3 is 4.74 Å². The summed E-state index contributed by atoms with van der Waals surface area (Å²) in [4.78, 5) is 0. The number of hydrogen-bond donors (Lipinski definition) is 0. The number of benzene rings is 4. The smallest absolute Gasteiger partial charge is 0.124 e. The van der Waals surface area contributed by atoms with Gasteiger partial charge in [-0.15, -0.1) is 11.3 Å². The fraction of sp³-hybridized carbons (Fsp3) is 0.154.